The van der Waals surface area contributed by atoms with Crippen LogP contribution in [0.4, 0.5) is 0 Å². The summed E-state index contributed by atoms with van der Waals surface area (Å²) in [6.07, 6.45) is 2.68. The van der Waals surface area contributed by atoms with E-state index in [2.05, 4.69) is 5.32 Å². The van der Waals surface area contributed by atoms with Crippen LogP contribution in [-0.2, 0) is 16.0 Å². The van der Waals surface area contributed by atoms with Crippen LogP contribution >= 0.6 is 0 Å². The van der Waals surface area contributed by atoms with Crippen LogP contribution in [0.3, 0.4) is 0 Å². The second kappa shape index (κ2) is 6.68. The maximum atomic E-state index is 11.4. The first-order chi connectivity index (χ1) is 8.15. The van der Waals surface area contributed by atoms with Crippen LogP contribution in [0.25, 0.3) is 0 Å². The van der Waals surface area contributed by atoms with E-state index in [0.717, 1.165) is 11.3 Å². The van der Waals surface area contributed by atoms with Gasteiger partial charge in [-0.3, -0.25) is 9.59 Å². The number of methoxy groups -OCH3 is 1. The Morgan fingerprint density at radius 1 is 1.53 bits per heavy atom. The Balaban J connectivity index is 2.44. The average Bonchev–Trinajstić information content (AvgIpc) is 2.36. The molecular weight excluding hydrogens is 218 g/mol. The van der Waals surface area contributed by atoms with Gasteiger partial charge in [0.1, 0.15) is 5.75 Å². The predicted octanol–water partition coefficient (Wildman–Crippen LogP) is 1.24. The predicted molar refractivity (Wildman–Crippen MR) is 64.6 cm³/mol. The minimum absolute atomic E-state index is 0.149. The van der Waals surface area contributed by atoms with Gasteiger partial charge in [0.15, 0.2) is 0 Å². The highest BCUT2D eigenvalue weighted by Gasteiger charge is 2.07. The summed E-state index contributed by atoms with van der Waals surface area (Å²) in [5.41, 5.74) is 1.03. The molecule has 0 aliphatic carbocycles. The van der Waals surface area contributed by atoms with E-state index in [1.54, 1.807) is 20.3 Å². The van der Waals surface area contributed by atoms with Crippen LogP contribution in [0.1, 0.15) is 18.9 Å². The van der Waals surface area contributed by atoms with Crippen LogP contribution in [0.2, 0.25) is 0 Å². The van der Waals surface area contributed by atoms with E-state index < -0.39 is 6.04 Å². The highest BCUT2D eigenvalue weighted by atomic mass is 16.5. The first-order valence-corrected chi connectivity index (χ1v) is 5.45. The van der Waals surface area contributed by atoms with E-state index in [-0.39, 0.29) is 5.91 Å². The summed E-state index contributed by atoms with van der Waals surface area (Å²) in [6.45, 7) is 1.59. The zero-order valence-electron chi connectivity index (χ0n) is 10.0. The molecule has 0 bridgehead atoms. The number of benzene rings is 1. The van der Waals surface area contributed by atoms with E-state index in [1.807, 2.05) is 24.3 Å². The van der Waals surface area contributed by atoms with Gasteiger partial charge in [-0.25, -0.2) is 0 Å². The van der Waals surface area contributed by atoms with Crippen molar-refractivity contribution in [1.29, 1.82) is 0 Å². The van der Waals surface area contributed by atoms with Gasteiger partial charge in [-0.05, 0) is 31.0 Å². The molecule has 0 heterocycles. The van der Waals surface area contributed by atoms with Gasteiger partial charge in [0, 0.05) is 6.42 Å². The number of hydrogen-bond donors (Lipinski definition) is 1. The fourth-order valence-corrected chi connectivity index (χ4v) is 1.43. The lowest BCUT2D eigenvalue weighted by molar-refractivity contribution is -0.121. The summed E-state index contributed by atoms with van der Waals surface area (Å²) in [5.74, 6) is 0.626. The molecule has 1 N–H and O–H groups in total. The average molecular weight is 234 g/mol. The van der Waals surface area contributed by atoms with Crippen molar-refractivity contribution < 1.29 is 14.3 Å². The van der Waals surface area contributed by atoms with Crippen molar-refractivity contribution >= 4 is 12.2 Å². The van der Waals surface area contributed by atoms with Crippen LogP contribution in [0, 0.1) is 0 Å². The van der Waals surface area contributed by atoms with E-state index in [4.69, 9.17) is 4.74 Å². The van der Waals surface area contributed by atoms with Crippen LogP contribution in [0.15, 0.2) is 24.3 Å². The van der Waals surface area contributed by atoms with Gasteiger partial charge in [-0.2, -0.15) is 0 Å². The molecule has 1 amide bonds. The maximum absolute atomic E-state index is 11.4. The molecule has 0 aromatic heterocycles. The molecule has 0 unspecified atom stereocenters. The second-order valence-electron chi connectivity index (χ2n) is 3.76. The lowest BCUT2D eigenvalue weighted by Crippen LogP contribution is -2.33. The molecule has 1 aromatic carbocycles. The smallest absolute Gasteiger partial charge is 0.222 e. The van der Waals surface area contributed by atoms with Gasteiger partial charge in [-0.1, -0.05) is 12.1 Å². The number of ether oxygens (including phenoxy) is 1. The Morgan fingerprint density at radius 3 is 2.94 bits per heavy atom. The standard InChI is InChI=1S/C13H16NO3/c1-10(9-15)14-13(16)7-6-11-4-3-5-12(8-11)17-2/h3-5,8,10H,6-7H2,1-2H3,(H,14,16)/t10-/m0/s1. The molecule has 4 heteroatoms. The van der Waals surface area contributed by atoms with E-state index in [9.17, 15) is 9.59 Å². The van der Waals surface area contributed by atoms with Crippen molar-refractivity contribution in [3.8, 4) is 5.75 Å². The molecule has 0 saturated carbocycles. The van der Waals surface area contributed by atoms with E-state index in [0.29, 0.717) is 12.8 Å². The van der Waals surface area contributed by atoms with Crippen LogP contribution in [0.5, 0.6) is 5.75 Å². The minimum atomic E-state index is -0.548. The number of carbonyl (C=O) groups excluding carboxylic acids is 2. The first kappa shape index (κ1) is 13.2. The molecule has 17 heavy (non-hydrogen) atoms. The number of rotatable bonds is 6. The topological polar surface area (TPSA) is 55.4 Å². The summed E-state index contributed by atoms with van der Waals surface area (Å²) in [6, 6.07) is 7.02. The summed E-state index contributed by atoms with van der Waals surface area (Å²) < 4.78 is 5.09. The molecule has 1 rings (SSSR count). The summed E-state index contributed by atoms with van der Waals surface area (Å²) in [7, 11) is 1.60. The summed E-state index contributed by atoms with van der Waals surface area (Å²) >= 11 is 0. The zero-order valence-corrected chi connectivity index (χ0v) is 10.0. The third kappa shape index (κ3) is 4.68. The van der Waals surface area contributed by atoms with Crippen molar-refractivity contribution in [1.82, 2.24) is 5.32 Å². The van der Waals surface area contributed by atoms with Crippen molar-refractivity contribution in [2.75, 3.05) is 7.11 Å². The lowest BCUT2D eigenvalue weighted by Gasteiger charge is -2.07. The van der Waals surface area contributed by atoms with E-state index in [1.165, 1.54) is 0 Å². The molecular formula is C13H16NO3. The highest BCUT2D eigenvalue weighted by Crippen LogP contribution is 2.13. The Hall–Kier alpha value is -1.84. The molecule has 0 fully saturated rings. The van der Waals surface area contributed by atoms with Gasteiger partial charge in [0.2, 0.25) is 12.2 Å². The molecule has 91 valence electrons. The van der Waals surface area contributed by atoms with Crippen LogP contribution < -0.4 is 10.1 Å². The molecule has 1 atom stereocenters. The van der Waals surface area contributed by atoms with Crippen molar-refractivity contribution in [3.63, 3.8) is 0 Å². The number of hydrogen-bond acceptors (Lipinski definition) is 3. The fraction of sp³-hybridized carbons (Fsp3) is 0.385. The molecule has 0 spiro atoms. The Bertz CT molecular complexity index is 390. The van der Waals surface area contributed by atoms with Gasteiger partial charge < -0.3 is 10.1 Å². The quantitative estimate of drug-likeness (QED) is 0.805. The molecule has 0 aliphatic heterocycles. The number of nitrogens with one attached hydrogen (secondary N) is 1. The van der Waals surface area contributed by atoms with Crippen molar-refractivity contribution in [2.24, 2.45) is 0 Å². The second-order valence-corrected chi connectivity index (χ2v) is 3.76. The molecule has 0 saturated heterocycles. The van der Waals surface area contributed by atoms with Crippen molar-refractivity contribution in [2.45, 2.75) is 25.8 Å². The van der Waals surface area contributed by atoms with Gasteiger partial charge in [0.05, 0.1) is 13.2 Å². The molecule has 0 aliphatic rings. The third-order valence-electron chi connectivity index (χ3n) is 2.33. The Labute approximate surface area is 101 Å². The first-order valence-electron chi connectivity index (χ1n) is 5.45. The molecule has 1 aromatic rings. The maximum Gasteiger partial charge on any atom is 0.222 e. The Morgan fingerprint density at radius 2 is 2.29 bits per heavy atom. The largest absolute Gasteiger partial charge is 0.497 e. The van der Waals surface area contributed by atoms with E-state index >= 15 is 0 Å². The summed E-state index contributed by atoms with van der Waals surface area (Å²) in [5, 5.41) is 2.53. The number of aryl methyl sites for hydroxylation is 1. The zero-order chi connectivity index (χ0) is 12.7. The van der Waals surface area contributed by atoms with Gasteiger partial charge >= 0.3 is 0 Å². The van der Waals surface area contributed by atoms with Gasteiger partial charge in [0.25, 0.3) is 0 Å². The molecule has 1 radical (unpaired) electrons. The Kier molecular flexibility index (Phi) is 5.20. The van der Waals surface area contributed by atoms with Gasteiger partial charge in [-0.15, -0.1) is 0 Å². The number of carbonyl (C=O) groups is 1. The lowest BCUT2D eigenvalue weighted by atomic mass is 10.1. The minimum Gasteiger partial charge on any atom is -0.497 e. The fourth-order valence-electron chi connectivity index (χ4n) is 1.43. The van der Waals surface area contributed by atoms with Crippen LogP contribution in [-0.4, -0.2) is 25.3 Å². The summed E-state index contributed by atoms with van der Waals surface area (Å²) in [4.78, 5) is 21.7. The highest BCUT2D eigenvalue weighted by molar-refractivity contribution is 5.79. The monoisotopic (exact) mass is 234 g/mol. The third-order valence-corrected chi connectivity index (χ3v) is 2.33. The SMILES string of the molecule is COc1cccc(CCC(=O)N[C@@H](C)[C]=O)c1. The number of amides is 1. The molecule has 4 nitrogen and oxygen atoms in total. The normalized spacial score (nSPS) is 11.6. The van der Waals surface area contributed by atoms with Crippen molar-refractivity contribution in [3.05, 3.63) is 29.8 Å².